The van der Waals surface area contributed by atoms with Crippen LogP contribution < -0.4 is 5.32 Å². The van der Waals surface area contributed by atoms with E-state index in [9.17, 15) is 19.4 Å². The Morgan fingerprint density at radius 3 is 1.59 bits per heavy atom. The van der Waals surface area contributed by atoms with Gasteiger partial charge in [-0.25, -0.2) is 4.57 Å². The predicted octanol–water partition coefficient (Wildman–Crippen LogP) is 10.6. The molecule has 0 aromatic heterocycles. The van der Waals surface area contributed by atoms with E-state index in [1.54, 1.807) is 6.08 Å². The molecule has 0 radical (unpaired) electrons. The molecule has 0 saturated carbocycles. The summed E-state index contributed by atoms with van der Waals surface area (Å²) in [5.74, 6) is -0.188. The zero-order valence-corrected chi connectivity index (χ0v) is 33.6. The van der Waals surface area contributed by atoms with Crippen LogP contribution in [-0.2, 0) is 18.4 Å². The minimum absolute atomic E-state index is 0.0607. The number of likely N-dealkylation sites (N-methyl/N-ethyl adjacent to an activating group) is 1. The summed E-state index contributed by atoms with van der Waals surface area (Å²) < 4.78 is 23.5. The Labute approximate surface area is 303 Å². The molecule has 0 spiro atoms. The molecule has 9 heteroatoms. The topological polar surface area (TPSA) is 105 Å². The van der Waals surface area contributed by atoms with Crippen molar-refractivity contribution in [3.8, 4) is 0 Å². The van der Waals surface area contributed by atoms with Gasteiger partial charge in [0, 0.05) is 6.42 Å². The van der Waals surface area contributed by atoms with E-state index in [0.717, 1.165) is 51.4 Å². The number of allylic oxidation sites excluding steroid dienone is 3. The van der Waals surface area contributed by atoms with Crippen molar-refractivity contribution in [1.82, 2.24) is 5.32 Å². The Balaban J connectivity index is 4.52. The van der Waals surface area contributed by atoms with Crippen molar-refractivity contribution in [2.45, 2.75) is 187 Å². The van der Waals surface area contributed by atoms with E-state index >= 15 is 0 Å². The van der Waals surface area contributed by atoms with Crippen molar-refractivity contribution >= 4 is 13.7 Å². The number of nitrogens with one attached hydrogen (secondary N) is 1. The van der Waals surface area contributed by atoms with Crippen LogP contribution in [0.2, 0.25) is 0 Å². The van der Waals surface area contributed by atoms with Gasteiger partial charge in [-0.15, -0.1) is 0 Å². The second kappa shape index (κ2) is 32.9. The Morgan fingerprint density at radius 1 is 0.673 bits per heavy atom. The van der Waals surface area contributed by atoms with E-state index in [2.05, 4.69) is 31.3 Å². The first kappa shape index (κ1) is 48.0. The lowest BCUT2D eigenvalue weighted by molar-refractivity contribution is -0.870. The number of hydrogen-bond donors (Lipinski definition) is 3. The molecule has 0 saturated heterocycles. The fourth-order valence-electron chi connectivity index (χ4n) is 5.62. The number of carbonyl (C=O) groups is 1. The molecule has 0 bridgehead atoms. The molecule has 290 valence electrons. The predicted molar refractivity (Wildman–Crippen MR) is 208 cm³/mol. The summed E-state index contributed by atoms with van der Waals surface area (Å²) in [6.45, 7) is 4.77. The average molecular weight is 716 g/mol. The number of aliphatic hydroxyl groups excluding tert-OH is 1. The zero-order chi connectivity index (χ0) is 36.5. The summed E-state index contributed by atoms with van der Waals surface area (Å²) in [4.78, 5) is 23.0. The fourth-order valence-corrected chi connectivity index (χ4v) is 6.36. The fraction of sp³-hybridized carbons (Fsp3) is 0.875. The van der Waals surface area contributed by atoms with E-state index < -0.39 is 20.0 Å². The highest BCUT2D eigenvalue weighted by molar-refractivity contribution is 7.47. The molecule has 0 heterocycles. The molecule has 0 aromatic rings. The average Bonchev–Trinajstić information content (AvgIpc) is 3.04. The van der Waals surface area contributed by atoms with E-state index in [0.29, 0.717) is 17.4 Å². The van der Waals surface area contributed by atoms with Crippen molar-refractivity contribution in [3.63, 3.8) is 0 Å². The number of phosphoric acid groups is 1. The van der Waals surface area contributed by atoms with Gasteiger partial charge in [-0.3, -0.25) is 13.8 Å². The number of unbranched alkanes of at least 4 members (excludes halogenated alkanes) is 21. The number of carbonyl (C=O) groups excluding carboxylic acids is 1. The minimum atomic E-state index is -4.33. The van der Waals surface area contributed by atoms with Gasteiger partial charge in [0.1, 0.15) is 13.2 Å². The molecule has 0 aliphatic rings. The molecular weight excluding hydrogens is 635 g/mol. The number of aliphatic hydroxyl groups is 1. The van der Waals surface area contributed by atoms with Crippen LogP contribution in [-0.4, -0.2) is 73.4 Å². The lowest BCUT2D eigenvalue weighted by atomic mass is 10.0. The van der Waals surface area contributed by atoms with Crippen LogP contribution in [0.4, 0.5) is 0 Å². The number of nitrogens with zero attached hydrogens (tertiary/aromatic N) is 1. The molecule has 0 aromatic carbocycles. The highest BCUT2D eigenvalue weighted by Gasteiger charge is 2.27. The van der Waals surface area contributed by atoms with Gasteiger partial charge in [0.25, 0.3) is 0 Å². The Bertz CT molecular complexity index is 860. The first-order chi connectivity index (χ1) is 23.5. The minimum Gasteiger partial charge on any atom is -0.387 e. The van der Waals surface area contributed by atoms with E-state index in [-0.39, 0.29) is 19.1 Å². The molecule has 8 nitrogen and oxygen atoms in total. The maximum absolute atomic E-state index is 12.8. The molecule has 3 unspecified atom stereocenters. The molecule has 0 fully saturated rings. The summed E-state index contributed by atoms with van der Waals surface area (Å²) in [6.07, 6.45) is 36.6. The first-order valence-electron chi connectivity index (χ1n) is 20.2. The molecule has 0 rings (SSSR count). The number of amides is 1. The zero-order valence-electron chi connectivity index (χ0n) is 32.7. The lowest BCUT2D eigenvalue weighted by Gasteiger charge is -2.25. The SMILES string of the molecule is CCCCCC/C=C\CCCCCCCC(=O)NC(COP(=O)(O)OCC[N+](C)(C)C)C(O)/C=C/CCCCCCCCCCCCCC. The van der Waals surface area contributed by atoms with Crippen LogP contribution in [0.5, 0.6) is 0 Å². The van der Waals surface area contributed by atoms with Crippen molar-refractivity contribution < 1.29 is 32.9 Å². The van der Waals surface area contributed by atoms with Crippen molar-refractivity contribution in [2.75, 3.05) is 40.9 Å². The van der Waals surface area contributed by atoms with E-state index in [1.807, 2.05) is 27.2 Å². The van der Waals surface area contributed by atoms with Crippen molar-refractivity contribution in [2.24, 2.45) is 0 Å². The highest BCUT2D eigenvalue weighted by atomic mass is 31.2. The van der Waals surface area contributed by atoms with Crippen LogP contribution in [0.3, 0.4) is 0 Å². The maximum Gasteiger partial charge on any atom is 0.472 e. The quantitative estimate of drug-likeness (QED) is 0.0258. The van der Waals surface area contributed by atoms with Gasteiger partial charge < -0.3 is 19.8 Å². The van der Waals surface area contributed by atoms with Crippen LogP contribution in [0.25, 0.3) is 0 Å². The van der Waals surface area contributed by atoms with Gasteiger partial charge in [-0.1, -0.05) is 147 Å². The summed E-state index contributed by atoms with van der Waals surface area (Å²) >= 11 is 0. The van der Waals surface area contributed by atoms with Gasteiger partial charge in [-0.05, 0) is 44.9 Å². The van der Waals surface area contributed by atoms with E-state index in [1.165, 1.54) is 103 Å². The second-order valence-corrected chi connectivity index (χ2v) is 16.5. The van der Waals surface area contributed by atoms with Gasteiger partial charge in [0.15, 0.2) is 0 Å². The largest absolute Gasteiger partial charge is 0.472 e. The number of hydrogen-bond acceptors (Lipinski definition) is 5. The summed E-state index contributed by atoms with van der Waals surface area (Å²) in [5.41, 5.74) is 0. The monoisotopic (exact) mass is 716 g/mol. The standard InChI is InChI=1S/C40H79N2O6P/c1-6-8-10-12-14-16-18-20-22-23-25-27-29-31-33-39(43)38(37-48-49(45,46)47-36-35-42(3,4)5)41-40(44)34-32-30-28-26-24-21-19-17-15-13-11-9-7-2/h17,19,31,33,38-39,43H,6-16,18,20-30,32,34-37H2,1-5H3,(H-,41,44,45,46)/p+1/b19-17-,33-31+. The Hall–Kier alpha value is -1.02. The lowest BCUT2D eigenvalue weighted by Crippen LogP contribution is -2.45. The molecule has 0 aliphatic heterocycles. The second-order valence-electron chi connectivity index (χ2n) is 15.0. The third kappa shape index (κ3) is 35.2. The van der Waals surface area contributed by atoms with Crippen LogP contribution in [0.15, 0.2) is 24.3 Å². The molecule has 1 amide bonds. The highest BCUT2D eigenvalue weighted by Crippen LogP contribution is 2.43. The van der Waals surface area contributed by atoms with Crippen LogP contribution >= 0.6 is 7.82 Å². The molecule has 3 N–H and O–H groups in total. The van der Waals surface area contributed by atoms with Crippen LogP contribution in [0.1, 0.15) is 174 Å². The Morgan fingerprint density at radius 2 is 1.10 bits per heavy atom. The molecular formula is C40H80N2O6P+. The third-order valence-corrected chi connectivity index (χ3v) is 9.90. The maximum atomic E-state index is 12.8. The van der Waals surface area contributed by atoms with Crippen LogP contribution in [0, 0.1) is 0 Å². The third-order valence-electron chi connectivity index (χ3n) is 8.92. The summed E-state index contributed by atoms with van der Waals surface area (Å²) in [7, 11) is 1.57. The van der Waals surface area contributed by atoms with E-state index in [4.69, 9.17) is 9.05 Å². The number of rotatable bonds is 36. The smallest absolute Gasteiger partial charge is 0.387 e. The van der Waals surface area contributed by atoms with Crippen molar-refractivity contribution in [1.29, 1.82) is 0 Å². The van der Waals surface area contributed by atoms with Crippen molar-refractivity contribution in [3.05, 3.63) is 24.3 Å². The molecule has 3 atom stereocenters. The van der Waals surface area contributed by atoms with Gasteiger partial charge >= 0.3 is 7.82 Å². The number of quaternary nitrogens is 1. The van der Waals surface area contributed by atoms with Gasteiger partial charge in [0.05, 0.1) is 39.9 Å². The normalized spacial score (nSPS) is 14.8. The summed E-state index contributed by atoms with van der Waals surface area (Å²) in [5, 5.41) is 13.8. The molecule has 0 aliphatic carbocycles. The van der Waals surface area contributed by atoms with Gasteiger partial charge in [-0.2, -0.15) is 0 Å². The van der Waals surface area contributed by atoms with Gasteiger partial charge in [0.2, 0.25) is 5.91 Å². The number of phosphoric ester groups is 1. The summed E-state index contributed by atoms with van der Waals surface area (Å²) in [6, 6.07) is -0.845. The first-order valence-corrected chi connectivity index (χ1v) is 21.7. The molecule has 49 heavy (non-hydrogen) atoms. The Kier molecular flexibility index (Phi) is 32.2.